The maximum atomic E-state index is 12.1. The Hall–Kier alpha value is -1.89. The average Bonchev–Trinajstić information content (AvgIpc) is 2.95. The van der Waals surface area contributed by atoms with Gasteiger partial charge >= 0.3 is 0 Å². The molecule has 1 aliphatic rings. The van der Waals surface area contributed by atoms with Crippen LogP contribution in [0.1, 0.15) is 11.4 Å². The normalized spacial score (nSPS) is 16.1. The predicted molar refractivity (Wildman–Crippen MR) is 98.2 cm³/mol. The van der Waals surface area contributed by atoms with Gasteiger partial charge in [-0.05, 0) is 5.56 Å². The Morgan fingerprint density at radius 2 is 1.84 bits per heavy atom. The third-order valence-electron chi connectivity index (χ3n) is 4.56. The minimum absolute atomic E-state index is 0.0770. The van der Waals surface area contributed by atoms with E-state index in [-0.39, 0.29) is 5.91 Å². The second kappa shape index (κ2) is 8.47. The van der Waals surface area contributed by atoms with E-state index in [1.807, 2.05) is 41.9 Å². The van der Waals surface area contributed by atoms with E-state index in [1.165, 1.54) is 0 Å². The lowest BCUT2D eigenvalue weighted by molar-refractivity contribution is -0.122. The highest BCUT2D eigenvalue weighted by Gasteiger charge is 2.20. The van der Waals surface area contributed by atoms with Crippen molar-refractivity contribution in [1.82, 2.24) is 24.7 Å². The molecular formula is C18H24ClN5O. The molecule has 0 aliphatic carbocycles. The Bertz CT molecular complexity index is 695. The van der Waals surface area contributed by atoms with Crippen LogP contribution in [-0.4, -0.2) is 58.0 Å². The highest BCUT2D eigenvalue weighted by molar-refractivity contribution is 6.29. The summed E-state index contributed by atoms with van der Waals surface area (Å²) in [4.78, 5) is 21.0. The molecule has 7 heteroatoms. The molecule has 1 aliphatic heterocycles. The van der Waals surface area contributed by atoms with Gasteiger partial charge in [-0.3, -0.25) is 14.6 Å². The average molecular weight is 362 g/mol. The van der Waals surface area contributed by atoms with E-state index in [2.05, 4.69) is 20.1 Å². The van der Waals surface area contributed by atoms with Gasteiger partial charge in [-0.25, -0.2) is 4.98 Å². The van der Waals surface area contributed by atoms with Crippen molar-refractivity contribution >= 4 is 17.5 Å². The summed E-state index contributed by atoms with van der Waals surface area (Å²) in [6.07, 6.45) is 1.68. The monoisotopic (exact) mass is 361 g/mol. The molecule has 134 valence electrons. The highest BCUT2D eigenvalue weighted by atomic mass is 35.5. The second-order valence-electron chi connectivity index (χ2n) is 6.37. The van der Waals surface area contributed by atoms with E-state index < -0.39 is 0 Å². The number of rotatable bonds is 6. The van der Waals surface area contributed by atoms with Gasteiger partial charge in [0.15, 0.2) is 0 Å². The number of aromatic nitrogens is 2. The minimum Gasteiger partial charge on any atom is -0.351 e. The van der Waals surface area contributed by atoms with Crippen molar-refractivity contribution < 1.29 is 4.79 Å². The molecule has 1 saturated heterocycles. The summed E-state index contributed by atoms with van der Waals surface area (Å²) in [5.74, 6) is 1.05. The number of halogens is 1. The molecule has 0 unspecified atom stereocenters. The molecule has 1 amide bonds. The molecular weight excluding hydrogens is 338 g/mol. The van der Waals surface area contributed by atoms with Crippen LogP contribution in [0, 0.1) is 0 Å². The topological polar surface area (TPSA) is 53.4 Å². The third kappa shape index (κ3) is 5.04. The number of benzene rings is 1. The van der Waals surface area contributed by atoms with Crippen LogP contribution in [-0.2, 0) is 24.9 Å². The van der Waals surface area contributed by atoms with Crippen LogP contribution in [0.5, 0.6) is 0 Å². The Balaban J connectivity index is 1.38. The van der Waals surface area contributed by atoms with Crippen LogP contribution < -0.4 is 5.32 Å². The Kier molecular flexibility index (Phi) is 6.07. The molecule has 6 nitrogen and oxygen atoms in total. The Morgan fingerprint density at radius 3 is 2.48 bits per heavy atom. The van der Waals surface area contributed by atoms with Crippen LogP contribution in [0.4, 0.5) is 0 Å². The molecule has 2 heterocycles. The van der Waals surface area contributed by atoms with E-state index in [4.69, 9.17) is 11.6 Å². The molecule has 0 atom stereocenters. The summed E-state index contributed by atoms with van der Waals surface area (Å²) in [5.41, 5.74) is 1.12. The van der Waals surface area contributed by atoms with Crippen molar-refractivity contribution in [3.05, 3.63) is 53.1 Å². The summed E-state index contributed by atoms with van der Waals surface area (Å²) < 4.78 is 1.91. The van der Waals surface area contributed by atoms with Crippen LogP contribution >= 0.6 is 11.6 Å². The largest absolute Gasteiger partial charge is 0.351 e. The van der Waals surface area contributed by atoms with E-state index in [1.54, 1.807) is 6.20 Å². The third-order valence-corrected chi connectivity index (χ3v) is 4.91. The lowest BCUT2D eigenvalue weighted by Gasteiger charge is -2.34. The van der Waals surface area contributed by atoms with Crippen LogP contribution in [0.2, 0.25) is 5.15 Å². The number of hydrogen-bond donors (Lipinski definition) is 1. The van der Waals surface area contributed by atoms with Crippen LogP contribution in [0.15, 0.2) is 36.5 Å². The number of carbonyl (C=O) groups excluding carboxylic acids is 1. The Labute approximate surface area is 153 Å². The minimum atomic E-state index is 0.0770. The van der Waals surface area contributed by atoms with E-state index in [0.29, 0.717) is 18.2 Å². The molecule has 0 spiro atoms. The molecule has 1 N–H and O–H groups in total. The number of piperazine rings is 1. The van der Waals surface area contributed by atoms with Crippen molar-refractivity contribution in [3.63, 3.8) is 0 Å². The summed E-state index contributed by atoms with van der Waals surface area (Å²) >= 11 is 6.03. The zero-order valence-corrected chi connectivity index (χ0v) is 15.2. The number of hydrogen-bond acceptors (Lipinski definition) is 4. The fourth-order valence-corrected chi connectivity index (χ4v) is 3.08. The number of imidazole rings is 1. The van der Waals surface area contributed by atoms with E-state index in [9.17, 15) is 4.79 Å². The zero-order chi connectivity index (χ0) is 17.6. The molecule has 1 fully saturated rings. The lowest BCUT2D eigenvalue weighted by atomic mass is 10.2. The summed E-state index contributed by atoms with van der Waals surface area (Å²) in [6.45, 7) is 5.45. The fourth-order valence-electron chi connectivity index (χ4n) is 2.93. The summed E-state index contributed by atoms with van der Waals surface area (Å²) in [6, 6.07) is 9.97. The SMILES string of the molecule is Cn1c(Cl)cnc1CN1CCN(CC(=O)NCc2ccccc2)CC1. The highest BCUT2D eigenvalue weighted by Crippen LogP contribution is 2.12. The quantitative estimate of drug-likeness (QED) is 0.847. The number of amides is 1. The molecule has 0 saturated carbocycles. The van der Waals surface area contributed by atoms with Gasteiger partial charge in [-0.2, -0.15) is 0 Å². The molecule has 1 aromatic heterocycles. The van der Waals surface area contributed by atoms with E-state index >= 15 is 0 Å². The maximum Gasteiger partial charge on any atom is 0.234 e. The van der Waals surface area contributed by atoms with Gasteiger partial charge in [0.2, 0.25) is 5.91 Å². The van der Waals surface area contributed by atoms with Crippen molar-refractivity contribution in [3.8, 4) is 0 Å². The molecule has 2 aromatic rings. The zero-order valence-electron chi connectivity index (χ0n) is 14.5. The van der Waals surface area contributed by atoms with Gasteiger partial charge in [0, 0.05) is 39.8 Å². The first-order chi connectivity index (χ1) is 12.1. The van der Waals surface area contributed by atoms with Gasteiger partial charge in [0.25, 0.3) is 0 Å². The maximum absolute atomic E-state index is 12.1. The van der Waals surface area contributed by atoms with Gasteiger partial charge in [0.05, 0.1) is 19.3 Å². The van der Waals surface area contributed by atoms with Crippen molar-refractivity contribution in [2.24, 2.45) is 7.05 Å². The van der Waals surface area contributed by atoms with Crippen molar-refractivity contribution in [1.29, 1.82) is 0 Å². The molecule has 0 radical (unpaired) electrons. The first kappa shape index (κ1) is 17.9. The first-order valence-corrected chi connectivity index (χ1v) is 8.91. The molecule has 0 bridgehead atoms. The molecule has 3 rings (SSSR count). The molecule has 25 heavy (non-hydrogen) atoms. The summed E-state index contributed by atoms with van der Waals surface area (Å²) in [7, 11) is 1.93. The number of carbonyl (C=O) groups is 1. The fraction of sp³-hybridized carbons (Fsp3) is 0.444. The molecule has 1 aromatic carbocycles. The van der Waals surface area contributed by atoms with Gasteiger partial charge < -0.3 is 9.88 Å². The van der Waals surface area contributed by atoms with Crippen molar-refractivity contribution in [2.45, 2.75) is 13.1 Å². The standard InChI is InChI=1S/C18H24ClN5O/c1-22-16(19)12-20-17(22)13-23-7-9-24(10-8-23)14-18(25)21-11-15-5-3-2-4-6-15/h2-6,12H,7-11,13-14H2,1H3,(H,21,25). The van der Waals surface area contributed by atoms with Crippen LogP contribution in [0.3, 0.4) is 0 Å². The van der Waals surface area contributed by atoms with Gasteiger partial charge in [-0.15, -0.1) is 0 Å². The Morgan fingerprint density at radius 1 is 1.16 bits per heavy atom. The first-order valence-electron chi connectivity index (χ1n) is 8.53. The number of nitrogens with zero attached hydrogens (tertiary/aromatic N) is 4. The summed E-state index contributed by atoms with van der Waals surface area (Å²) in [5, 5.41) is 3.64. The van der Waals surface area contributed by atoms with E-state index in [0.717, 1.165) is 44.1 Å². The second-order valence-corrected chi connectivity index (χ2v) is 6.76. The lowest BCUT2D eigenvalue weighted by Crippen LogP contribution is -2.49. The van der Waals surface area contributed by atoms with Crippen LogP contribution in [0.25, 0.3) is 0 Å². The van der Waals surface area contributed by atoms with Crippen molar-refractivity contribution in [2.75, 3.05) is 32.7 Å². The smallest absolute Gasteiger partial charge is 0.234 e. The predicted octanol–water partition coefficient (Wildman–Crippen LogP) is 1.51. The van der Waals surface area contributed by atoms with Gasteiger partial charge in [0.1, 0.15) is 11.0 Å². The van der Waals surface area contributed by atoms with Gasteiger partial charge in [-0.1, -0.05) is 41.9 Å². The number of nitrogens with one attached hydrogen (secondary N) is 1.